The molecule has 0 aromatic rings. The quantitative estimate of drug-likeness (QED) is 0.424. The van der Waals surface area contributed by atoms with Gasteiger partial charge in [-0.25, -0.2) is 5.06 Å². The lowest BCUT2D eigenvalue weighted by molar-refractivity contribution is -0.178. The van der Waals surface area contributed by atoms with E-state index in [1.807, 2.05) is 13.8 Å². The fraction of sp³-hybridized carbons (Fsp3) is 0.882. The molecule has 0 saturated heterocycles. The summed E-state index contributed by atoms with van der Waals surface area (Å²) in [6.07, 6.45) is 4.00. The van der Waals surface area contributed by atoms with Crippen LogP contribution in [-0.2, 0) is 14.4 Å². The van der Waals surface area contributed by atoms with Crippen LogP contribution in [0.4, 0.5) is 0 Å². The zero-order valence-electron chi connectivity index (χ0n) is 15.4. The van der Waals surface area contributed by atoms with Gasteiger partial charge in [-0.05, 0) is 37.0 Å². The minimum atomic E-state index is -0.485. The molecule has 6 heteroatoms. The molecule has 2 amide bonds. The van der Waals surface area contributed by atoms with Gasteiger partial charge in [-0.1, -0.05) is 27.7 Å². The molecule has 0 aliphatic rings. The van der Waals surface area contributed by atoms with Crippen LogP contribution >= 0.6 is 0 Å². The van der Waals surface area contributed by atoms with Gasteiger partial charge in [-0.3, -0.25) is 14.4 Å². The SMILES string of the molecule is CON(CCCC(C)C)C(=O)CC(C)(C)CCCNC(=O)CO. The van der Waals surface area contributed by atoms with Gasteiger partial charge in [-0.2, -0.15) is 0 Å². The topological polar surface area (TPSA) is 78.9 Å². The number of carbonyl (C=O) groups is 2. The maximum absolute atomic E-state index is 12.4. The first-order chi connectivity index (χ1) is 10.7. The van der Waals surface area contributed by atoms with E-state index in [1.165, 1.54) is 12.2 Å². The third-order valence-electron chi connectivity index (χ3n) is 3.77. The molecule has 6 nitrogen and oxygen atoms in total. The van der Waals surface area contributed by atoms with Crippen molar-refractivity contribution >= 4 is 11.8 Å². The number of aliphatic hydroxyl groups excluding tert-OH is 1. The summed E-state index contributed by atoms with van der Waals surface area (Å²) in [6.45, 7) is 9.06. The van der Waals surface area contributed by atoms with Crippen molar-refractivity contribution in [2.24, 2.45) is 11.3 Å². The molecular formula is C17H34N2O4. The van der Waals surface area contributed by atoms with Crippen LogP contribution in [0.15, 0.2) is 0 Å². The Morgan fingerprint density at radius 3 is 2.43 bits per heavy atom. The van der Waals surface area contributed by atoms with Crippen LogP contribution in [0.2, 0.25) is 0 Å². The van der Waals surface area contributed by atoms with Crippen LogP contribution in [0.5, 0.6) is 0 Å². The predicted molar refractivity (Wildman–Crippen MR) is 90.5 cm³/mol. The van der Waals surface area contributed by atoms with Gasteiger partial charge in [0, 0.05) is 19.5 Å². The fourth-order valence-corrected chi connectivity index (χ4v) is 2.40. The average molecular weight is 330 g/mol. The molecule has 0 aliphatic heterocycles. The summed E-state index contributed by atoms with van der Waals surface area (Å²) < 4.78 is 0. The van der Waals surface area contributed by atoms with Crippen molar-refractivity contribution < 1.29 is 19.5 Å². The first kappa shape index (κ1) is 21.9. The molecule has 0 heterocycles. The molecule has 2 N–H and O–H groups in total. The van der Waals surface area contributed by atoms with Crippen LogP contribution in [0, 0.1) is 11.3 Å². The molecule has 0 unspecified atom stereocenters. The second-order valence-corrected chi connectivity index (χ2v) is 7.17. The van der Waals surface area contributed by atoms with Crippen molar-refractivity contribution in [3.05, 3.63) is 0 Å². The van der Waals surface area contributed by atoms with Crippen LogP contribution in [0.3, 0.4) is 0 Å². The van der Waals surface area contributed by atoms with Gasteiger partial charge in [0.2, 0.25) is 11.8 Å². The second-order valence-electron chi connectivity index (χ2n) is 7.17. The van der Waals surface area contributed by atoms with Crippen molar-refractivity contribution in [1.82, 2.24) is 10.4 Å². The van der Waals surface area contributed by atoms with Crippen LogP contribution in [0.25, 0.3) is 0 Å². The van der Waals surface area contributed by atoms with Gasteiger partial charge < -0.3 is 10.4 Å². The zero-order valence-corrected chi connectivity index (χ0v) is 15.4. The van der Waals surface area contributed by atoms with Crippen molar-refractivity contribution in [1.29, 1.82) is 0 Å². The maximum atomic E-state index is 12.4. The summed E-state index contributed by atoms with van der Waals surface area (Å²) in [5, 5.41) is 12.7. The van der Waals surface area contributed by atoms with Gasteiger partial charge in [0.05, 0.1) is 7.11 Å². The Labute approximate surface area is 140 Å². The third kappa shape index (κ3) is 11.1. The normalized spacial score (nSPS) is 11.6. The Kier molecular flexibility index (Phi) is 10.8. The lowest BCUT2D eigenvalue weighted by Crippen LogP contribution is -2.34. The highest BCUT2D eigenvalue weighted by Crippen LogP contribution is 2.27. The molecular weight excluding hydrogens is 296 g/mol. The standard InChI is InChI=1S/C17H34N2O4/c1-14(2)8-6-11-19(23-5)16(22)12-17(3,4)9-7-10-18-15(21)13-20/h14,20H,6-13H2,1-5H3,(H,18,21). The minimum Gasteiger partial charge on any atom is -0.387 e. The van der Waals surface area contributed by atoms with Crippen molar-refractivity contribution in [2.75, 3.05) is 26.8 Å². The smallest absolute Gasteiger partial charge is 0.246 e. The van der Waals surface area contributed by atoms with E-state index in [-0.39, 0.29) is 17.2 Å². The minimum absolute atomic E-state index is 0.000602. The first-order valence-electron chi connectivity index (χ1n) is 8.44. The van der Waals surface area contributed by atoms with E-state index < -0.39 is 6.61 Å². The third-order valence-corrected chi connectivity index (χ3v) is 3.77. The summed E-state index contributed by atoms with van der Waals surface area (Å²) in [5.74, 6) is 0.254. The Morgan fingerprint density at radius 1 is 1.26 bits per heavy atom. The molecule has 0 saturated carbocycles. The summed E-state index contributed by atoms with van der Waals surface area (Å²) in [4.78, 5) is 28.5. The Bertz CT molecular complexity index is 357. The predicted octanol–water partition coefficient (Wildman–Crippen LogP) is 2.12. The van der Waals surface area contributed by atoms with E-state index in [0.717, 1.165) is 25.7 Å². The van der Waals surface area contributed by atoms with E-state index in [4.69, 9.17) is 9.94 Å². The number of rotatable bonds is 12. The molecule has 0 aromatic heterocycles. The maximum Gasteiger partial charge on any atom is 0.246 e. The molecule has 0 aliphatic carbocycles. The summed E-state index contributed by atoms with van der Waals surface area (Å²) in [6, 6.07) is 0. The van der Waals surface area contributed by atoms with Crippen LogP contribution < -0.4 is 5.32 Å². The molecule has 23 heavy (non-hydrogen) atoms. The molecule has 0 radical (unpaired) electrons. The van der Waals surface area contributed by atoms with Gasteiger partial charge in [0.15, 0.2) is 0 Å². The van der Waals surface area contributed by atoms with E-state index in [1.54, 1.807) is 0 Å². The number of nitrogens with one attached hydrogen (secondary N) is 1. The molecule has 0 atom stereocenters. The number of nitrogens with zero attached hydrogens (tertiary/aromatic N) is 1. The molecule has 0 spiro atoms. The van der Waals surface area contributed by atoms with Crippen molar-refractivity contribution in [3.8, 4) is 0 Å². The number of aliphatic hydroxyl groups is 1. The Hall–Kier alpha value is -1.14. The zero-order chi connectivity index (χ0) is 17.9. The summed E-state index contributed by atoms with van der Waals surface area (Å²) in [7, 11) is 1.53. The average Bonchev–Trinajstić information content (AvgIpc) is 2.46. The molecule has 0 aromatic carbocycles. The number of amides is 2. The summed E-state index contributed by atoms with van der Waals surface area (Å²) in [5.41, 5.74) is -0.157. The lowest BCUT2D eigenvalue weighted by Gasteiger charge is -2.28. The van der Waals surface area contributed by atoms with Crippen molar-refractivity contribution in [3.63, 3.8) is 0 Å². The number of hydroxylamine groups is 2. The number of carbonyl (C=O) groups excluding carboxylic acids is 2. The van der Waals surface area contributed by atoms with Crippen LogP contribution in [-0.4, -0.2) is 48.8 Å². The Balaban J connectivity index is 4.17. The first-order valence-corrected chi connectivity index (χ1v) is 8.44. The van der Waals surface area contributed by atoms with Gasteiger partial charge in [0.1, 0.15) is 6.61 Å². The number of hydrogen-bond donors (Lipinski definition) is 2. The van der Waals surface area contributed by atoms with Crippen molar-refractivity contribution in [2.45, 2.75) is 59.8 Å². The lowest BCUT2D eigenvalue weighted by atomic mass is 9.84. The van der Waals surface area contributed by atoms with E-state index >= 15 is 0 Å². The van der Waals surface area contributed by atoms with Crippen LogP contribution in [0.1, 0.15) is 59.8 Å². The largest absolute Gasteiger partial charge is 0.387 e. The fourth-order valence-electron chi connectivity index (χ4n) is 2.40. The number of hydrogen-bond acceptors (Lipinski definition) is 4. The molecule has 136 valence electrons. The second kappa shape index (κ2) is 11.4. The van der Waals surface area contributed by atoms with E-state index in [2.05, 4.69) is 19.2 Å². The molecule has 0 bridgehead atoms. The highest BCUT2D eigenvalue weighted by atomic mass is 16.7. The van der Waals surface area contributed by atoms with Gasteiger partial charge in [0.25, 0.3) is 0 Å². The Morgan fingerprint density at radius 2 is 1.91 bits per heavy atom. The van der Waals surface area contributed by atoms with E-state index in [0.29, 0.717) is 25.4 Å². The summed E-state index contributed by atoms with van der Waals surface area (Å²) >= 11 is 0. The van der Waals surface area contributed by atoms with E-state index in [9.17, 15) is 9.59 Å². The molecule has 0 fully saturated rings. The monoisotopic (exact) mass is 330 g/mol. The van der Waals surface area contributed by atoms with Gasteiger partial charge in [-0.15, -0.1) is 0 Å². The highest BCUT2D eigenvalue weighted by Gasteiger charge is 2.25. The molecule has 0 rings (SSSR count). The van der Waals surface area contributed by atoms with Gasteiger partial charge >= 0.3 is 0 Å². The highest BCUT2D eigenvalue weighted by molar-refractivity contribution is 5.76.